The molecular formula is C23H26BrP. The molecular weight excluding hydrogens is 387 g/mol. The van der Waals surface area contributed by atoms with Gasteiger partial charge in [0.1, 0.15) is 0 Å². The highest BCUT2D eigenvalue weighted by Gasteiger charge is 2.35. The van der Waals surface area contributed by atoms with Crippen molar-refractivity contribution in [2.24, 2.45) is 0 Å². The highest BCUT2D eigenvalue weighted by molar-refractivity contribution is 7.16. The number of hydrogen-bond donors (Lipinski definition) is 0. The summed E-state index contributed by atoms with van der Waals surface area (Å²) in [5.74, 6) is 0. The molecule has 0 saturated heterocycles. The summed E-state index contributed by atoms with van der Waals surface area (Å²) in [6.07, 6.45) is 4.94. The molecule has 0 fully saturated rings. The molecule has 1 unspecified atom stereocenters. The molecule has 0 aliphatic carbocycles. The second kappa shape index (κ2) is 9.90. The minimum atomic E-state index is -0.0674. The maximum Gasteiger partial charge on any atom is 0.0526 e. The van der Waals surface area contributed by atoms with E-state index in [-0.39, 0.29) is 22.4 Å². The third-order valence-electron chi connectivity index (χ3n) is 4.85. The molecule has 3 rings (SSSR count). The molecule has 0 saturated carbocycles. The minimum Gasteiger partial charge on any atom is -1.00 e. The molecule has 0 amide bonds. The highest BCUT2D eigenvalue weighted by Crippen LogP contribution is 2.43. The van der Waals surface area contributed by atoms with Crippen LogP contribution in [0.3, 0.4) is 0 Å². The van der Waals surface area contributed by atoms with E-state index in [2.05, 4.69) is 100 Å². The van der Waals surface area contributed by atoms with Gasteiger partial charge in [-0.2, -0.15) is 0 Å². The molecule has 3 aromatic rings. The Kier molecular flexibility index (Phi) is 7.88. The Morgan fingerprint density at radius 1 is 0.560 bits per heavy atom. The van der Waals surface area contributed by atoms with Gasteiger partial charge in [0.2, 0.25) is 0 Å². The van der Waals surface area contributed by atoms with Crippen LogP contribution in [0.15, 0.2) is 91.0 Å². The minimum absolute atomic E-state index is 0. The standard InChI is InChI=1S/C23H25P.BrH/c24-19-11-10-18-23(20-12-4-1-5-13-20,21-14-6-2-7-15-21)22-16-8-3-9-17-22;/h1-9,12-17H,10-11,18-19,24H2;1H. The van der Waals surface area contributed by atoms with Crippen molar-refractivity contribution in [3.63, 3.8) is 0 Å². The maximum atomic E-state index is 2.29. The van der Waals surface area contributed by atoms with Crippen LogP contribution in [0.5, 0.6) is 0 Å². The molecule has 0 aliphatic heterocycles. The monoisotopic (exact) mass is 412 g/mol. The summed E-state index contributed by atoms with van der Waals surface area (Å²) in [5.41, 5.74) is 4.10. The predicted octanol–water partition coefficient (Wildman–Crippen LogP) is 2.80. The van der Waals surface area contributed by atoms with Gasteiger partial charge in [0.05, 0.1) is 6.16 Å². The zero-order valence-corrected chi connectivity index (χ0v) is 17.6. The van der Waals surface area contributed by atoms with Crippen LogP contribution in [0.2, 0.25) is 0 Å². The third kappa shape index (κ3) is 4.40. The van der Waals surface area contributed by atoms with E-state index in [9.17, 15) is 0 Å². The molecule has 0 nitrogen and oxygen atoms in total. The van der Waals surface area contributed by atoms with Gasteiger partial charge in [0, 0.05) is 5.41 Å². The first kappa shape index (κ1) is 19.9. The molecule has 130 valence electrons. The van der Waals surface area contributed by atoms with Gasteiger partial charge in [-0.3, -0.25) is 0 Å². The largest absolute Gasteiger partial charge is 1.00 e. The van der Waals surface area contributed by atoms with Crippen molar-refractivity contribution >= 4 is 9.24 Å². The van der Waals surface area contributed by atoms with Crippen LogP contribution in [0, 0.1) is 0 Å². The van der Waals surface area contributed by atoms with Crippen LogP contribution < -0.4 is 17.0 Å². The fourth-order valence-electron chi connectivity index (χ4n) is 3.67. The van der Waals surface area contributed by atoms with E-state index in [0.29, 0.717) is 0 Å². The highest BCUT2D eigenvalue weighted by atomic mass is 79.9. The van der Waals surface area contributed by atoms with E-state index in [4.69, 9.17) is 0 Å². The maximum absolute atomic E-state index is 2.29. The van der Waals surface area contributed by atoms with Crippen molar-refractivity contribution in [1.29, 1.82) is 0 Å². The summed E-state index contributed by atoms with van der Waals surface area (Å²) in [5, 5.41) is 0. The molecule has 3 aromatic carbocycles. The zero-order chi connectivity index (χ0) is 16.7. The first-order chi connectivity index (χ1) is 11.9. The van der Waals surface area contributed by atoms with Crippen molar-refractivity contribution in [3.8, 4) is 0 Å². The summed E-state index contributed by atoms with van der Waals surface area (Å²) >= 11 is 0. The van der Waals surface area contributed by atoms with Gasteiger partial charge < -0.3 is 17.0 Å². The summed E-state index contributed by atoms with van der Waals surface area (Å²) in [7, 11) is 2.08. The lowest BCUT2D eigenvalue weighted by Crippen LogP contribution is -3.00. The van der Waals surface area contributed by atoms with Crippen LogP contribution >= 0.6 is 9.24 Å². The van der Waals surface area contributed by atoms with E-state index in [1.807, 2.05) is 0 Å². The Balaban J connectivity index is 0.00000225. The lowest BCUT2D eigenvalue weighted by atomic mass is 9.66. The Morgan fingerprint density at radius 2 is 0.920 bits per heavy atom. The average Bonchev–Trinajstić information content (AvgIpc) is 2.68. The number of hydrogen-bond acceptors (Lipinski definition) is 0. The van der Waals surface area contributed by atoms with E-state index in [1.54, 1.807) is 0 Å². The van der Waals surface area contributed by atoms with E-state index >= 15 is 0 Å². The van der Waals surface area contributed by atoms with Crippen LogP contribution in [-0.4, -0.2) is 6.16 Å². The molecule has 0 radical (unpaired) electrons. The molecule has 0 bridgehead atoms. The van der Waals surface area contributed by atoms with E-state index in [1.165, 1.54) is 35.7 Å². The number of rotatable bonds is 7. The van der Waals surface area contributed by atoms with Crippen LogP contribution in [0.4, 0.5) is 0 Å². The molecule has 0 aromatic heterocycles. The molecule has 2 heteroatoms. The summed E-state index contributed by atoms with van der Waals surface area (Å²) in [4.78, 5) is 0. The van der Waals surface area contributed by atoms with Gasteiger partial charge >= 0.3 is 0 Å². The average molecular weight is 413 g/mol. The van der Waals surface area contributed by atoms with Gasteiger partial charge in [-0.25, -0.2) is 0 Å². The van der Waals surface area contributed by atoms with Gasteiger partial charge in [-0.1, -0.05) is 91.0 Å². The fraction of sp³-hybridized carbons (Fsp3) is 0.217. The van der Waals surface area contributed by atoms with Gasteiger partial charge in [-0.05, 0) is 45.2 Å². The lowest BCUT2D eigenvalue weighted by Gasteiger charge is -2.36. The van der Waals surface area contributed by atoms with Crippen molar-refractivity contribution in [3.05, 3.63) is 108 Å². The van der Waals surface area contributed by atoms with Crippen molar-refractivity contribution in [2.45, 2.75) is 24.7 Å². The van der Waals surface area contributed by atoms with Crippen molar-refractivity contribution < 1.29 is 17.0 Å². The van der Waals surface area contributed by atoms with E-state index < -0.39 is 0 Å². The Labute approximate surface area is 164 Å². The quantitative estimate of drug-likeness (QED) is 0.318. The number of benzene rings is 3. The van der Waals surface area contributed by atoms with Crippen LogP contribution in [0.25, 0.3) is 0 Å². The smallest absolute Gasteiger partial charge is 0.0526 e. The second-order valence-electron chi connectivity index (χ2n) is 6.31. The van der Waals surface area contributed by atoms with E-state index in [0.717, 1.165) is 6.42 Å². The fourth-order valence-corrected chi connectivity index (χ4v) is 4.02. The SMILES string of the molecule is [Br-].[PH3+]CCCCC(c1ccccc1)(c1ccccc1)c1ccccc1. The second-order valence-corrected chi connectivity index (χ2v) is 7.02. The first-order valence-electron chi connectivity index (χ1n) is 8.84. The van der Waals surface area contributed by atoms with Crippen LogP contribution in [-0.2, 0) is 5.41 Å². The summed E-state index contributed by atoms with van der Waals surface area (Å²) in [6, 6.07) is 33.0. The van der Waals surface area contributed by atoms with Crippen molar-refractivity contribution in [1.82, 2.24) is 0 Å². The Hall–Kier alpha value is -1.43. The molecule has 25 heavy (non-hydrogen) atoms. The zero-order valence-electron chi connectivity index (χ0n) is 14.6. The van der Waals surface area contributed by atoms with Crippen molar-refractivity contribution in [2.75, 3.05) is 6.16 Å². The van der Waals surface area contributed by atoms with Gasteiger partial charge in [0.15, 0.2) is 0 Å². The van der Waals surface area contributed by atoms with Crippen LogP contribution in [0.1, 0.15) is 36.0 Å². The number of halogens is 1. The molecule has 0 spiro atoms. The molecule has 0 aliphatic rings. The Bertz CT molecular complexity index is 629. The third-order valence-corrected chi connectivity index (χ3v) is 5.35. The topological polar surface area (TPSA) is 0 Å². The summed E-state index contributed by atoms with van der Waals surface area (Å²) in [6.45, 7) is 0. The molecule has 0 N–H and O–H groups in total. The summed E-state index contributed by atoms with van der Waals surface area (Å²) < 4.78 is 0. The normalized spacial score (nSPS) is 11.0. The molecule has 1 atom stereocenters. The predicted molar refractivity (Wildman–Crippen MR) is 109 cm³/mol. The van der Waals surface area contributed by atoms with Gasteiger partial charge in [0.25, 0.3) is 0 Å². The lowest BCUT2D eigenvalue weighted by molar-refractivity contribution is -0.00000467. The molecule has 0 heterocycles. The Morgan fingerprint density at radius 3 is 1.24 bits per heavy atom. The first-order valence-corrected chi connectivity index (χ1v) is 9.84. The number of unbranched alkanes of at least 4 members (excludes halogenated alkanes) is 1. The van der Waals surface area contributed by atoms with Gasteiger partial charge in [-0.15, -0.1) is 0 Å².